The maximum absolute atomic E-state index is 12.5. The fraction of sp³-hybridized carbons (Fsp3) is 0.524. The second-order valence-corrected chi connectivity index (χ2v) is 8.71. The van der Waals surface area contributed by atoms with Crippen LogP contribution in [0.4, 0.5) is 4.79 Å². The molecule has 0 spiro atoms. The van der Waals surface area contributed by atoms with Gasteiger partial charge in [-0.3, -0.25) is 4.79 Å². The van der Waals surface area contributed by atoms with Crippen LogP contribution in [0.25, 0.3) is 11.0 Å². The van der Waals surface area contributed by atoms with Crippen molar-refractivity contribution in [2.75, 3.05) is 0 Å². The first kappa shape index (κ1) is 19.7. The third-order valence-electron chi connectivity index (χ3n) is 4.79. The molecule has 27 heavy (non-hydrogen) atoms. The van der Waals surface area contributed by atoms with E-state index in [1.54, 1.807) is 24.3 Å². The van der Waals surface area contributed by atoms with E-state index in [0.717, 1.165) is 31.1 Å². The van der Waals surface area contributed by atoms with E-state index < -0.39 is 5.60 Å². The number of hydrogen-bond donors (Lipinski definition) is 1. The fourth-order valence-electron chi connectivity index (χ4n) is 3.55. The number of nitrogens with one attached hydrogen (secondary N) is 1. The molecule has 2 unspecified atom stereocenters. The lowest BCUT2D eigenvalue weighted by Gasteiger charge is -2.21. The summed E-state index contributed by atoms with van der Waals surface area (Å²) < 4.78 is 10.9. The highest BCUT2D eigenvalue weighted by molar-refractivity contribution is 6.31. The number of furan rings is 1. The first-order valence-electron chi connectivity index (χ1n) is 9.41. The molecule has 0 radical (unpaired) electrons. The lowest BCUT2D eigenvalue weighted by Crippen LogP contribution is -2.37. The summed E-state index contributed by atoms with van der Waals surface area (Å²) >= 11 is 5.97. The topological polar surface area (TPSA) is 68.5 Å². The summed E-state index contributed by atoms with van der Waals surface area (Å²) in [6.07, 6.45) is 3.66. The SMILES string of the molecule is CC(C)(C)OC(=O)NC1CCC(CCC(=O)c2cc3cc(Cl)ccc3o2)C1. The van der Waals surface area contributed by atoms with E-state index in [0.29, 0.717) is 28.7 Å². The van der Waals surface area contributed by atoms with Crippen molar-refractivity contribution in [2.45, 2.75) is 64.5 Å². The van der Waals surface area contributed by atoms with E-state index in [9.17, 15) is 9.59 Å². The number of carbonyl (C=O) groups excluding carboxylic acids is 2. The Bertz CT molecular complexity index is 836. The van der Waals surface area contributed by atoms with E-state index in [1.807, 2.05) is 20.8 Å². The lowest BCUT2D eigenvalue weighted by atomic mass is 9.99. The van der Waals surface area contributed by atoms with Gasteiger partial charge in [0, 0.05) is 22.9 Å². The van der Waals surface area contributed by atoms with Gasteiger partial charge in [0.05, 0.1) is 0 Å². The van der Waals surface area contributed by atoms with Gasteiger partial charge in [-0.05, 0) is 76.6 Å². The molecular formula is C21H26ClNO4. The third-order valence-corrected chi connectivity index (χ3v) is 5.03. The minimum Gasteiger partial charge on any atom is -0.453 e. The molecule has 1 fully saturated rings. The van der Waals surface area contributed by atoms with Crippen LogP contribution in [0.3, 0.4) is 0 Å². The first-order chi connectivity index (χ1) is 12.7. The number of benzene rings is 1. The average molecular weight is 392 g/mol. The fourth-order valence-corrected chi connectivity index (χ4v) is 3.73. The number of amides is 1. The first-order valence-corrected chi connectivity index (χ1v) is 9.79. The standard InChI is InChI=1S/C21H26ClNO4/c1-21(2,3)27-20(25)23-16-7-4-13(10-16)5-8-17(24)19-12-14-11-15(22)6-9-18(14)26-19/h6,9,11-13,16H,4-5,7-8,10H2,1-3H3,(H,23,25). The molecule has 1 aromatic heterocycles. The van der Waals surface area contributed by atoms with Gasteiger partial charge in [0.15, 0.2) is 11.5 Å². The van der Waals surface area contributed by atoms with E-state index in [1.165, 1.54) is 0 Å². The third kappa shape index (κ3) is 5.48. The maximum Gasteiger partial charge on any atom is 0.407 e. The highest BCUT2D eigenvalue weighted by atomic mass is 35.5. The number of ketones is 1. The zero-order valence-corrected chi connectivity index (χ0v) is 16.8. The summed E-state index contributed by atoms with van der Waals surface area (Å²) in [5, 5.41) is 4.39. The predicted molar refractivity (Wildman–Crippen MR) is 105 cm³/mol. The van der Waals surface area contributed by atoms with Gasteiger partial charge >= 0.3 is 6.09 Å². The lowest BCUT2D eigenvalue weighted by molar-refractivity contribution is 0.0504. The number of alkyl carbamates (subject to hydrolysis) is 1. The van der Waals surface area contributed by atoms with Gasteiger partial charge < -0.3 is 14.5 Å². The molecule has 146 valence electrons. The predicted octanol–water partition coefficient (Wildman–Crippen LogP) is 5.74. The Hall–Kier alpha value is -2.01. The molecule has 5 nitrogen and oxygen atoms in total. The van der Waals surface area contributed by atoms with Crippen LogP contribution in [-0.2, 0) is 4.74 Å². The van der Waals surface area contributed by atoms with Crippen molar-refractivity contribution in [1.82, 2.24) is 5.32 Å². The number of rotatable bonds is 5. The number of hydrogen-bond acceptors (Lipinski definition) is 4. The number of carbonyl (C=O) groups is 2. The second kappa shape index (κ2) is 7.93. The normalized spacial score (nSPS) is 20.0. The molecule has 2 atom stereocenters. The molecule has 0 saturated heterocycles. The van der Waals surface area contributed by atoms with Crippen molar-refractivity contribution in [3.63, 3.8) is 0 Å². The molecule has 1 aliphatic rings. The molecule has 6 heteroatoms. The van der Waals surface area contributed by atoms with Crippen LogP contribution in [0.15, 0.2) is 28.7 Å². The van der Waals surface area contributed by atoms with Crippen molar-refractivity contribution in [2.24, 2.45) is 5.92 Å². The zero-order chi connectivity index (χ0) is 19.6. The van der Waals surface area contributed by atoms with Crippen LogP contribution < -0.4 is 5.32 Å². The summed E-state index contributed by atoms with van der Waals surface area (Å²) in [4.78, 5) is 24.3. The van der Waals surface area contributed by atoms with Crippen molar-refractivity contribution < 1.29 is 18.7 Å². The Morgan fingerprint density at radius 2 is 2.04 bits per heavy atom. The molecule has 3 rings (SSSR count). The Morgan fingerprint density at radius 1 is 1.26 bits per heavy atom. The molecule has 1 saturated carbocycles. The quantitative estimate of drug-likeness (QED) is 0.659. The molecule has 1 amide bonds. The highest BCUT2D eigenvalue weighted by Crippen LogP contribution is 2.31. The van der Waals surface area contributed by atoms with Gasteiger partial charge in [-0.15, -0.1) is 0 Å². The minimum absolute atomic E-state index is 0.00544. The van der Waals surface area contributed by atoms with Gasteiger partial charge in [-0.2, -0.15) is 0 Å². The van der Waals surface area contributed by atoms with Crippen LogP contribution in [-0.4, -0.2) is 23.5 Å². The monoisotopic (exact) mass is 391 g/mol. The smallest absolute Gasteiger partial charge is 0.407 e. The van der Waals surface area contributed by atoms with Crippen molar-refractivity contribution in [1.29, 1.82) is 0 Å². The summed E-state index contributed by atoms with van der Waals surface area (Å²) in [7, 11) is 0. The van der Waals surface area contributed by atoms with E-state index in [2.05, 4.69) is 5.32 Å². The average Bonchev–Trinajstić information content (AvgIpc) is 3.16. The summed E-state index contributed by atoms with van der Waals surface area (Å²) in [6, 6.07) is 7.19. The van der Waals surface area contributed by atoms with Crippen LogP contribution in [0.2, 0.25) is 5.02 Å². The molecule has 2 aromatic rings. The molecule has 1 aromatic carbocycles. The van der Waals surface area contributed by atoms with Crippen molar-refractivity contribution in [3.05, 3.63) is 35.0 Å². The highest BCUT2D eigenvalue weighted by Gasteiger charge is 2.28. The molecule has 1 heterocycles. The van der Waals surface area contributed by atoms with Crippen LogP contribution >= 0.6 is 11.6 Å². The van der Waals surface area contributed by atoms with E-state index in [-0.39, 0.29) is 17.9 Å². The summed E-state index contributed by atoms with van der Waals surface area (Å²) in [5.74, 6) is 0.812. The molecule has 1 N–H and O–H groups in total. The van der Waals surface area contributed by atoms with Crippen molar-refractivity contribution in [3.8, 4) is 0 Å². The van der Waals surface area contributed by atoms with Gasteiger partial charge in [-0.1, -0.05) is 11.6 Å². The molecule has 0 aliphatic heterocycles. The van der Waals surface area contributed by atoms with E-state index >= 15 is 0 Å². The van der Waals surface area contributed by atoms with Gasteiger partial charge in [0.1, 0.15) is 11.2 Å². The number of halogens is 1. The second-order valence-electron chi connectivity index (χ2n) is 8.28. The minimum atomic E-state index is -0.495. The Kier molecular flexibility index (Phi) is 5.80. The zero-order valence-electron chi connectivity index (χ0n) is 16.0. The van der Waals surface area contributed by atoms with Gasteiger partial charge in [0.2, 0.25) is 0 Å². The number of Topliss-reactive ketones (excluding diaryl/α,β-unsaturated/α-hetero) is 1. The van der Waals surface area contributed by atoms with Gasteiger partial charge in [-0.25, -0.2) is 4.79 Å². The van der Waals surface area contributed by atoms with Gasteiger partial charge in [0.25, 0.3) is 0 Å². The molecule has 1 aliphatic carbocycles. The number of ether oxygens (including phenoxy) is 1. The summed E-state index contributed by atoms with van der Waals surface area (Å²) in [6.45, 7) is 5.55. The Labute approximate surface area is 164 Å². The van der Waals surface area contributed by atoms with Crippen molar-refractivity contribution >= 4 is 34.4 Å². The van der Waals surface area contributed by atoms with Crippen LogP contribution in [0, 0.1) is 5.92 Å². The molecule has 0 bridgehead atoms. The van der Waals surface area contributed by atoms with Crippen LogP contribution in [0.1, 0.15) is 63.4 Å². The number of fused-ring (bicyclic) bond motifs is 1. The Morgan fingerprint density at radius 3 is 2.78 bits per heavy atom. The maximum atomic E-state index is 12.5. The molecular weight excluding hydrogens is 366 g/mol. The largest absolute Gasteiger partial charge is 0.453 e. The summed E-state index contributed by atoms with van der Waals surface area (Å²) in [5.41, 5.74) is 0.177. The Balaban J connectivity index is 1.47. The van der Waals surface area contributed by atoms with E-state index in [4.69, 9.17) is 20.8 Å². The van der Waals surface area contributed by atoms with Crippen LogP contribution in [0.5, 0.6) is 0 Å².